The lowest BCUT2D eigenvalue weighted by atomic mass is 10.2. The molecule has 0 aromatic carbocycles. The predicted molar refractivity (Wildman–Crippen MR) is 62.4 cm³/mol. The number of rotatable bonds is 3. The van der Waals surface area contributed by atoms with Crippen LogP contribution in [-0.2, 0) is 18.4 Å². The van der Waals surface area contributed by atoms with Crippen LogP contribution < -0.4 is 0 Å². The molecule has 1 atom stereocenters. The maximum Gasteiger partial charge on any atom is 0.321 e. The summed E-state index contributed by atoms with van der Waals surface area (Å²) in [5, 5.41) is 9.12. The average Bonchev–Trinajstić information content (AvgIpc) is 2.65. The minimum atomic E-state index is -0.735. The van der Waals surface area contributed by atoms with Crippen LogP contribution in [0.1, 0.15) is 5.82 Å². The van der Waals surface area contributed by atoms with Crippen LogP contribution in [0.25, 0.3) is 0 Å². The molecule has 0 amide bonds. The Morgan fingerprint density at radius 3 is 3.19 bits per heavy atom. The van der Waals surface area contributed by atoms with E-state index in [-0.39, 0.29) is 6.04 Å². The number of hydrogen-bond donors (Lipinski definition) is 1. The van der Waals surface area contributed by atoms with E-state index in [4.69, 9.17) is 5.11 Å². The smallest absolute Gasteiger partial charge is 0.321 e. The highest BCUT2D eigenvalue weighted by Crippen LogP contribution is 2.18. The Kier molecular flexibility index (Phi) is 3.50. The molecule has 1 fully saturated rings. The van der Waals surface area contributed by atoms with E-state index in [0.29, 0.717) is 12.3 Å². The predicted octanol–water partition coefficient (Wildman–Crippen LogP) is 0.422. The van der Waals surface area contributed by atoms with E-state index in [2.05, 4.69) is 4.98 Å². The second-order valence-electron chi connectivity index (χ2n) is 3.85. The first kappa shape index (κ1) is 11.5. The summed E-state index contributed by atoms with van der Waals surface area (Å²) in [5.41, 5.74) is 0. The zero-order chi connectivity index (χ0) is 11.5. The first-order valence-corrected chi connectivity index (χ1v) is 6.35. The number of aryl methyl sites for hydroxylation is 1. The third-order valence-corrected chi connectivity index (χ3v) is 3.81. The molecule has 0 radical (unpaired) electrons. The molecule has 1 aliphatic rings. The number of carboxylic acids is 1. The van der Waals surface area contributed by atoms with Gasteiger partial charge in [-0.25, -0.2) is 4.98 Å². The third-order valence-electron chi connectivity index (χ3n) is 2.79. The van der Waals surface area contributed by atoms with Crippen molar-refractivity contribution >= 4 is 17.7 Å². The first-order chi connectivity index (χ1) is 7.68. The van der Waals surface area contributed by atoms with Gasteiger partial charge >= 0.3 is 5.97 Å². The molecule has 1 unspecified atom stereocenters. The summed E-state index contributed by atoms with van der Waals surface area (Å²) in [6, 6.07) is -0.379. The van der Waals surface area contributed by atoms with Crippen LogP contribution in [0.15, 0.2) is 12.4 Å². The highest BCUT2D eigenvalue weighted by molar-refractivity contribution is 7.99. The van der Waals surface area contributed by atoms with Crippen LogP contribution in [0.5, 0.6) is 0 Å². The van der Waals surface area contributed by atoms with Crippen LogP contribution >= 0.6 is 11.8 Å². The molecule has 1 aromatic rings. The molecular weight excluding hydrogens is 226 g/mol. The number of carbonyl (C=O) groups is 1. The van der Waals surface area contributed by atoms with Gasteiger partial charge in [0.1, 0.15) is 11.9 Å². The maximum absolute atomic E-state index is 11.1. The van der Waals surface area contributed by atoms with Crippen molar-refractivity contribution in [3.8, 4) is 0 Å². The zero-order valence-electron chi connectivity index (χ0n) is 9.17. The number of hydrogen-bond acceptors (Lipinski definition) is 4. The molecule has 1 aromatic heterocycles. The number of aromatic nitrogens is 2. The molecule has 0 bridgehead atoms. The van der Waals surface area contributed by atoms with Crippen LogP contribution in [0.2, 0.25) is 0 Å². The second kappa shape index (κ2) is 4.88. The number of thioether (sulfide) groups is 1. The Balaban J connectivity index is 2.07. The van der Waals surface area contributed by atoms with Crippen molar-refractivity contribution < 1.29 is 9.90 Å². The van der Waals surface area contributed by atoms with Gasteiger partial charge in [-0.1, -0.05) is 0 Å². The summed E-state index contributed by atoms with van der Waals surface area (Å²) < 4.78 is 1.93. The van der Waals surface area contributed by atoms with Crippen LogP contribution in [-0.4, -0.2) is 49.6 Å². The lowest BCUT2D eigenvalue weighted by Gasteiger charge is -2.32. The van der Waals surface area contributed by atoms with Crippen molar-refractivity contribution in [2.24, 2.45) is 7.05 Å². The molecule has 5 nitrogen and oxygen atoms in total. The van der Waals surface area contributed by atoms with Gasteiger partial charge in [0.15, 0.2) is 0 Å². The van der Waals surface area contributed by atoms with Gasteiger partial charge < -0.3 is 9.67 Å². The van der Waals surface area contributed by atoms with E-state index < -0.39 is 5.97 Å². The lowest BCUT2D eigenvalue weighted by molar-refractivity contribution is -0.142. The number of carboxylic acid groups (broad SMARTS) is 1. The van der Waals surface area contributed by atoms with Gasteiger partial charge in [0, 0.05) is 37.5 Å². The van der Waals surface area contributed by atoms with Crippen molar-refractivity contribution in [2.45, 2.75) is 12.6 Å². The van der Waals surface area contributed by atoms with E-state index in [9.17, 15) is 4.79 Å². The minimum absolute atomic E-state index is 0.379. The van der Waals surface area contributed by atoms with E-state index in [1.165, 1.54) is 0 Å². The van der Waals surface area contributed by atoms with Gasteiger partial charge in [0.2, 0.25) is 0 Å². The lowest BCUT2D eigenvalue weighted by Crippen LogP contribution is -2.47. The highest BCUT2D eigenvalue weighted by Gasteiger charge is 2.29. The molecule has 1 saturated heterocycles. The van der Waals surface area contributed by atoms with Gasteiger partial charge in [-0.2, -0.15) is 11.8 Å². The normalized spacial score (nSPS) is 22.2. The summed E-state index contributed by atoms with van der Waals surface area (Å²) in [6.45, 7) is 1.43. The highest BCUT2D eigenvalue weighted by atomic mass is 32.2. The van der Waals surface area contributed by atoms with E-state index >= 15 is 0 Å². The molecule has 0 aliphatic carbocycles. The Morgan fingerprint density at radius 2 is 2.56 bits per heavy atom. The Labute approximate surface area is 98.5 Å². The number of imidazole rings is 1. The van der Waals surface area contributed by atoms with Crippen molar-refractivity contribution in [3.63, 3.8) is 0 Å². The van der Waals surface area contributed by atoms with Crippen molar-refractivity contribution in [1.82, 2.24) is 14.5 Å². The van der Waals surface area contributed by atoms with Gasteiger partial charge in [0.05, 0.1) is 6.54 Å². The van der Waals surface area contributed by atoms with E-state index in [1.54, 1.807) is 18.0 Å². The Bertz CT molecular complexity index is 380. The molecule has 6 heteroatoms. The van der Waals surface area contributed by atoms with Gasteiger partial charge in [-0.15, -0.1) is 0 Å². The first-order valence-electron chi connectivity index (χ1n) is 5.19. The number of nitrogens with zero attached hydrogens (tertiary/aromatic N) is 3. The number of aliphatic carboxylic acids is 1. The largest absolute Gasteiger partial charge is 0.480 e. The van der Waals surface area contributed by atoms with Crippen LogP contribution in [0, 0.1) is 0 Å². The minimum Gasteiger partial charge on any atom is -0.480 e. The molecule has 1 aliphatic heterocycles. The molecule has 88 valence electrons. The van der Waals surface area contributed by atoms with E-state index in [0.717, 1.165) is 18.1 Å². The molecular formula is C10H15N3O2S. The molecule has 0 spiro atoms. The van der Waals surface area contributed by atoms with Gasteiger partial charge in [0.25, 0.3) is 0 Å². The second-order valence-corrected chi connectivity index (χ2v) is 5.00. The van der Waals surface area contributed by atoms with Crippen LogP contribution in [0.3, 0.4) is 0 Å². The van der Waals surface area contributed by atoms with Crippen molar-refractivity contribution in [2.75, 3.05) is 18.1 Å². The standard InChI is InChI=1S/C10H15N3O2S/c1-12-3-2-11-9(12)6-13-4-5-16-7-8(13)10(14)15/h2-3,8H,4-7H2,1H3,(H,14,15). The zero-order valence-corrected chi connectivity index (χ0v) is 9.98. The van der Waals surface area contributed by atoms with Crippen molar-refractivity contribution in [3.05, 3.63) is 18.2 Å². The molecule has 1 N–H and O–H groups in total. The fourth-order valence-electron chi connectivity index (χ4n) is 1.79. The molecule has 2 rings (SSSR count). The topological polar surface area (TPSA) is 58.4 Å². The summed E-state index contributed by atoms with van der Waals surface area (Å²) in [6.07, 6.45) is 3.62. The third kappa shape index (κ3) is 2.38. The molecule has 16 heavy (non-hydrogen) atoms. The van der Waals surface area contributed by atoms with Crippen molar-refractivity contribution in [1.29, 1.82) is 0 Å². The maximum atomic E-state index is 11.1. The fraction of sp³-hybridized carbons (Fsp3) is 0.600. The van der Waals surface area contributed by atoms with Gasteiger partial charge in [-0.05, 0) is 0 Å². The Hall–Kier alpha value is -1.01. The summed E-state index contributed by atoms with van der Waals surface area (Å²) in [5.74, 6) is 1.84. The molecule has 2 heterocycles. The van der Waals surface area contributed by atoms with Crippen LogP contribution in [0.4, 0.5) is 0 Å². The fourth-order valence-corrected chi connectivity index (χ4v) is 2.89. The van der Waals surface area contributed by atoms with E-state index in [1.807, 2.05) is 22.7 Å². The SMILES string of the molecule is Cn1ccnc1CN1CCSCC1C(=O)O. The average molecular weight is 241 g/mol. The summed E-state index contributed by atoms with van der Waals surface area (Å²) in [7, 11) is 1.93. The summed E-state index contributed by atoms with van der Waals surface area (Å²) >= 11 is 1.70. The Morgan fingerprint density at radius 1 is 1.75 bits per heavy atom. The van der Waals surface area contributed by atoms with Gasteiger partial charge in [-0.3, -0.25) is 9.69 Å². The summed E-state index contributed by atoms with van der Waals surface area (Å²) in [4.78, 5) is 17.3. The quantitative estimate of drug-likeness (QED) is 0.831. The monoisotopic (exact) mass is 241 g/mol. The molecule has 0 saturated carbocycles.